The third-order valence-electron chi connectivity index (χ3n) is 2.53. The lowest BCUT2D eigenvalue weighted by molar-refractivity contribution is 0.0945. The maximum absolute atomic E-state index is 11.6. The topological polar surface area (TPSA) is 34.9 Å². The Balaban J connectivity index is 2.63. The molecule has 0 bridgehead atoms. The zero-order valence-electron chi connectivity index (χ0n) is 7.59. The van der Waals surface area contributed by atoms with E-state index in [0.29, 0.717) is 0 Å². The van der Waals surface area contributed by atoms with Gasteiger partial charge in [0.05, 0.1) is 11.3 Å². The molecule has 0 amide bonds. The number of hydrogen-bond acceptors (Lipinski definition) is 2. The molecule has 1 aliphatic rings. The van der Waals surface area contributed by atoms with E-state index in [9.17, 15) is 4.79 Å². The Morgan fingerprint density at radius 3 is 2.83 bits per heavy atom. The minimum atomic E-state index is 0.155. The van der Waals surface area contributed by atoms with Crippen LogP contribution in [0.1, 0.15) is 28.7 Å². The molecular weight excluding hydrogens is 152 g/mol. The van der Waals surface area contributed by atoms with Gasteiger partial charge in [0.25, 0.3) is 0 Å². The predicted octanol–water partition coefficient (Wildman–Crippen LogP) is 1.10. The highest BCUT2D eigenvalue weighted by Gasteiger charge is 2.32. The summed E-state index contributed by atoms with van der Waals surface area (Å²) in [5.41, 5.74) is 2.84. The van der Waals surface area contributed by atoms with Gasteiger partial charge in [0.15, 0.2) is 5.78 Å². The molecule has 0 aromatic carbocycles. The number of carbonyl (C=O) groups excluding carboxylic acids is 1. The minimum absolute atomic E-state index is 0.155. The quantitative estimate of drug-likeness (QED) is 0.575. The maximum Gasteiger partial charge on any atom is 0.169 e. The Labute approximate surface area is 71.4 Å². The lowest BCUT2D eigenvalue weighted by Gasteiger charge is -1.98. The van der Waals surface area contributed by atoms with Crippen LogP contribution in [0, 0.1) is 12.8 Å². The van der Waals surface area contributed by atoms with E-state index < -0.39 is 0 Å². The zero-order valence-corrected chi connectivity index (χ0v) is 7.59. The molecule has 1 aromatic rings. The fourth-order valence-electron chi connectivity index (χ4n) is 1.89. The summed E-state index contributed by atoms with van der Waals surface area (Å²) in [6, 6.07) is 0. The summed E-state index contributed by atoms with van der Waals surface area (Å²) in [5, 5.41) is 4.21. The summed E-state index contributed by atoms with van der Waals surface area (Å²) in [4.78, 5) is 11.6. The highest BCUT2D eigenvalue weighted by molar-refractivity contribution is 6.02. The molecule has 0 fully saturated rings. The molecule has 1 aliphatic carbocycles. The number of hydrogen-bond donors (Lipinski definition) is 0. The van der Waals surface area contributed by atoms with E-state index >= 15 is 0 Å². The number of nitrogens with zero attached hydrogens (tertiary/aromatic N) is 2. The summed E-state index contributed by atoms with van der Waals surface area (Å²) in [5.74, 6) is 0.415. The lowest BCUT2D eigenvalue weighted by Crippen LogP contribution is -2.06. The normalized spacial score (nSPS) is 21.6. The first-order valence-electron chi connectivity index (χ1n) is 4.18. The van der Waals surface area contributed by atoms with E-state index in [1.54, 1.807) is 0 Å². The predicted molar refractivity (Wildman–Crippen MR) is 45.1 cm³/mol. The molecule has 0 saturated heterocycles. The SMILES string of the molecule is Cc1nn(C)c2c1C(=O)C(C)C2. The molecule has 0 saturated carbocycles. The smallest absolute Gasteiger partial charge is 0.169 e. The van der Waals surface area contributed by atoms with Crippen molar-refractivity contribution in [3.63, 3.8) is 0 Å². The van der Waals surface area contributed by atoms with Crippen LogP contribution in [-0.2, 0) is 13.5 Å². The number of ketones is 1. The van der Waals surface area contributed by atoms with Crippen LogP contribution in [-0.4, -0.2) is 15.6 Å². The number of carbonyl (C=O) groups is 1. The fourth-order valence-corrected chi connectivity index (χ4v) is 1.89. The van der Waals surface area contributed by atoms with Gasteiger partial charge in [-0.05, 0) is 13.3 Å². The molecule has 1 unspecified atom stereocenters. The lowest BCUT2D eigenvalue weighted by atomic mass is 10.1. The first-order chi connectivity index (χ1) is 5.61. The summed E-state index contributed by atoms with van der Waals surface area (Å²) in [6.07, 6.45) is 0.853. The van der Waals surface area contributed by atoms with Crippen molar-refractivity contribution in [2.75, 3.05) is 0 Å². The largest absolute Gasteiger partial charge is 0.294 e. The molecule has 1 atom stereocenters. The van der Waals surface area contributed by atoms with Gasteiger partial charge >= 0.3 is 0 Å². The molecule has 64 valence electrons. The van der Waals surface area contributed by atoms with Crippen molar-refractivity contribution in [3.8, 4) is 0 Å². The summed E-state index contributed by atoms with van der Waals surface area (Å²) < 4.78 is 1.83. The third kappa shape index (κ3) is 0.763. The minimum Gasteiger partial charge on any atom is -0.294 e. The van der Waals surface area contributed by atoms with Gasteiger partial charge in [-0.3, -0.25) is 9.48 Å². The van der Waals surface area contributed by atoms with E-state index in [1.165, 1.54) is 0 Å². The van der Waals surface area contributed by atoms with Crippen LogP contribution in [0.5, 0.6) is 0 Å². The molecule has 12 heavy (non-hydrogen) atoms. The second-order valence-corrected chi connectivity index (χ2v) is 3.50. The molecule has 0 radical (unpaired) electrons. The Morgan fingerprint density at radius 1 is 1.58 bits per heavy atom. The molecular formula is C9H12N2O. The standard InChI is InChI=1S/C9H12N2O/c1-5-4-7-8(9(5)12)6(2)10-11(7)3/h5H,4H2,1-3H3. The molecule has 1 aromatic heterocycles. The molecule has 3 heteroatoms. The first kappa shape index (κ1) is 7.53. The van der Waals surface area contributed by atoms with Crippen molar-refractivity contribution in [3.05, 3.63) is 17.0 Å². The van der Waals surface area contributed by atoms with Crippen LogP contribution in [0.2, 0.25) is 0 Å². The second-order valence-electron chi connectivity index (χ2n) is 3.50. The third-order valence-corrected chi connectivity index (χ3v) is 2.53. The molecule has 1 heterocycles. The number of rotatable bonds is 0. The van der Waals surface area contributed by atoms with Gasteiger partial charge in [-0.2, -0.15) is 5.10 Å². The number of Topliss-reactive ketones (excluding diaryl/α,β-unsaturated/α-hetero) is 1. The van der Waals surface area contributed by atoms with Crippen LogP contribution >= 0.6 is 0 Å². The molecule has 0 aliphatic heterocycles. The van der Waals surface area contributed by atoms with Crippen molar-refractivity contribution in [1.82, 2.24) is 9.78 Å². The highest BCUT2D eigenvalue weighted by Crippen LogP contribution is 2.27. The summed E-state index contributed by atoms with van der Waals surface area (Å²) in [6.45, 7) is 3.87. The van der Waals surface area contributed by atoms with Crippen molar-refractivity contribution < 1.29 is 4.79 Å². The van der Waals surface area contributed by atoms with Crippen LogP contribution in [0.25, 0.3) is 0 Å². The average molecular weight is 164 g/mol. The van der Waals surface area contributed by atoms with Crippen molar-refractivity contribution >= 4 is 5.78 Å². The molecule has 0 spiro atoms. The summed E-state index contributed by atoms with van der Waals surface area (Å²) >= 11 is 0. The van der Waals surface area contributed by atoms with E-state index in [-0.39, 0.29) is 11.7 Å². The van der Waals surface area contributed by atoms with Crippen LogP contribution in [0.3, 0.4) is 0 Å². The van der Waals surface area contributed by atoms with E-state index in [2.05, 4.69) is 5.10 Å². The average Bonchev–Trinajstić information content (AvgIpc) is 2.41. The zero-order chi connectivity index (χ0) is 8.88. The molecule has 0 N–H and O–H groups in total. The van der Waals surface area contributed by atoms with E-state index in [1.807, 2.05) is 25.6 Å². The van der Waals surface area contributed by atoms with Gasteiger partial charge in [0, 0.05) is 18.7 Å². The number of aryl methyl sites for hydroxylation is 2. The summed E-state index contributed by atoms with van der Waals surface area (Å²) in [7, 11) is 1.90. The monoisotopic (exact) mass is 164 g/mol. The van der Waals surface area contributed by atoms with Crippen molar-refractivity contribution in [2.24, 2.45) is 13.0 Å². The van der Waals surface area contributed by atoms with Gasteiger partial charge in [0.2, 0.25) is 0 Å². The fraction of sp³-hybridized carbons (Fsp3) is 0.556. The van der Waals surface area contributed by atoms with E-state index in [4.69, 9.17) is 0 Å². The number of aromatic nitrogens is 2. The Hall–Kier alpha value is -1.12. The first-order valence-corrected chi connectivity index (χ1v) is 4.18. The van der Waals surface area contributed by atoms with E-state index in [0.717, 1.165) is 23.4 Å². The number of fused-ring (bicyclic) bond motifs is 1. The van der Waals surface area contributed by atoms with Crippen LogP contribution < -0.4 is 0 Å². The van der Waals surface area contributed by atoms with Gasteiger partial charge in [-0.1, -0.05) is 6.92 Å². The van der Waals surface area contributed by atoms with Gasteiger partial charge in [-0.15, -0.1) is 0 Å². The van der Waals surface area contributed by atoms with Gasteiger partial charge in [0.1, 0.15) is 0 Å². The second kappa shape index (κ2) is 2.19. The van der Waals surface area contributed by atoms with Gasteiger partial charge < -0.3 is 0 Å². The van der Waals surface area contributed by atoms with Crippen molar-refractivity contribution in [1.29, 1.82) is 0 Å². The Kier molecular flexibility index (Phi) is 1.37. The Morgan fingerprint density at radius 2 is 2.25 bits per heavy atom. The molecule has 2 rings (SSSR count). The van der Waals surface area contributed by atoms with Crippen molar-refractivity contribution in [2.45, 2.75) is 20.3 Å². The Bertz CT molecular complexity index is 352. The van der Waals surface area contributed by atoms with Crippen LogP contribution in [0.15, 0.2) is 0 Å². The van der Waals surface area contributed by atoms with Crippen LogP contribution in [0.4, 0.5) is 0 Å². The maximum atomic E-state index is 11.6. The van der Waals surface area contributed by atoms with Gasteiger partial charge in [-0.25, -0.2) is 0 Å². The highest BCUT2D eigenvalue weighted by atomic mass is 16.1. The molecule has 3 nitrogen and oxygen atoms in total.